The highest BCUT2D eigenvalue weighted by molar-refractivity contribution is 5.88. The molecule has 0 bridgehead atoms. The monoisotopic (exact) mass is 215 g/mol. The standard InChI is InChI=1S/C10H17NO4/c1-4-15-8-5-7(10(13)14-3)6-11(2)9(8)12/h6,8-9,12H,4-5H2,1-3H3/t8-,9+/m0/s1. The number of aliphatic hydroxyl groups excluding tert-OH is 1. The summed E-state index contributed by atoms with van der Waals surface area (Å²) in [7, 11) is 3.03. The summed E-state index contributed by atoms with van der Waals surface area (Å²) in [6.07, 6.45) is 0.885. The van der Waals surface area contributed by atoms with E-state index in [9.17, 15) is 9.90 Å². The van der Waals surface area contributed by atoms with Crippen LogP contribution in [0.15, 0.2) is 11.8 Å². The van der Waals surface area contributed by atoms with Crippen molar-refractivity contribution in [1.82, 2.24) is 4.90 Å². The summed E-state index contributed by atoms with van der Waals surface area (Å²) < 4.78 is 9.98. The van der Waals surface area contributed by atoms with Crippen molar-refractivity contribution in [2.75, 3.05) is 20.8 Å². The van der Waals surface area contributed by atoms with Crippen LogP contribution in [0.1, 0.15) is 13.3 Å². The molecule has 1 heterocycles. The van der Waals surface area contributed by atoms with E-state index in [1.807, 2.05) is 6.92 Å². The Kier molecular flexibility index (Phi) is 4.11. The number of ether oxygens (including phenoxy) is 2. The van der Waals surface area contributed by atoms with Gasteiger partial charge in [-0.25, -0.2) is 4.79 Å². The van der Waals surface area contributed by atoms with Crippen molar-refractivity contribution in [3.63, 3.8) is 0 Å². The Labute approximate surface area is 89.3 Å². The van der Waals surface area contributed by atoms with E-state index in [0.717, 1.165) is 0 Å². The molecule has 2 atom stereocenters. The number of likely N-dealkylation sites (N-methyl/N-ethyl adjacent to an activating group) is 1. The molecule has 0 saturated carbocycles. The fraction of sp³-hybridized carbons (Fsp3) is 0.700. The second-order valence-corrected chi connectivity index (χ2v) is 3.42. The summed E-state index contributed by atoms with van der Waals surface area (Å²) in [5.41, 5.74) is 0.517. The van der Waals surface area contributed by atoms with Crippen LogP contribution < -0.4 is 0 Å². The minimum absolute atomic E-state index is 0.376. The third-order valence-corrected chi connectivity index (χ3v) is 2.36. The summed E-state index contributed by atoms with van der Waals surface area (Å²) in [5, 5.41) is 9.75. The minimum Gasteiger partial charge on any atom is -0.466 e. The molecule has 1 aliphatic heterocycles. The van der Waals surface area contributed by atoms with Crippen molar-refractivity contribution in [1.29, 1.82) is 0 Å². The number of rotatable bonds is 3. The van der Waals surface area contributed by atoms with E-state index < -0.39 is 6.23 Å². The number of esters is 1. The lowest BCUT2D eigenvalue weighted by molar-refractivity contribution is -0.139. The lowest BCUT2D eigenvalue weighted by Gasteiger charge is -2.34. The first kappa shape index (κ1) is 12.0. The van der Waals surface area contributed by atoms with E-state index in [1.165, 1.54) is 7.11 Å². The van der Waals surface area contributed by atoms with Crippen LogP contribution in [0.4, 0.5) is 0 Å². The Morgan fingerprint density at radius 1 is 1.73 bits per heavy atom. The van der Waals surface area contributed by atoms with Crippen molar-refractivity contribution in [3.8, 4) is 0 Å². The molecular weight excluding hydrogens is 198 g/mol. The lowest BCUT2D eigenvalue weighted by Crippen LogP contribution is -2.44. The maximum absolute atomic E-state index is 11.3. The molecule has 1 N–H and O–H groups in total. The smallest absolute Gasteiger partial charge is 0.335 e. The molecule has 0 aromatic carbocycles. The van der Waals surface area contributed by atoms with Gasteiger partial charge in [0.1, 0.15) is 6.10 Å². The number of carbonyl (C=O) groups excluding carboxylic acids is 1. The summed E-state index contributed by atoms with van der Waals surface area (Å²) >= 11 is 0. The van der Waals surface area contributed by atoms with Gasteiger partial charge in [-0.1, -0.05) is 0 Å². The van der Waals surface area contributed by atoms with Crippen molar-refractivity contribution in [2.45, 2.75) is 25.7 Å². The maximum atomic E-state index is 11.3. The van der Waals surface area contributed by atoms with E-state index >= 15 is 0 Å². The van der Waals surface area contributed by atoms with Crippen LogP contribution in [0.25, 0.3) is 0 Å². The maximum Gasteiger partial charge on any atom is 0.335 e. The lowest BCUT2D eigenvalue weighted by atomic mass is 10.0. The third kappa shape index (κ3) is 2.70. The van der Waals surface area contributed by atoms with Crippen LogP contribution in [0, 0.1) is 0 Å². The zero-order valence-electron chi connectivity index (χ0n) is 9.27. The van der Waals surface area contributed by atoms with Crippen molar-refractivity contribution >= 4 is 5.97 Å². The molecule has 0 spiro atoms. The molecule has 1 rings (SSSR count). The highest BCUT2D eigenvalue weighted by Gasteiger charge is 2.30. The number of nitrogens with zero attached hydrogens (tertiary/aromatic N) is 1. The van der Waals surface area contributed by atoms with Gasteiger partial charge in [0.15, 0.2) is 6.23 Å². The third-order valence-electron chi connectivity index (χ3n) is 2.36. The fourth-order valence-electron chi connectivity index (χ4n) is 1.59. The topological polar surface area (TPSA) is 59.0 Å². The van der Waals surface area contributed by atoms with Gasteiger partial charge < -0.3 is 19.5 Å². The number of hydrogen-bond donors (Lipinski definition) is 1. The van der Waals surface area contributed by atoms with Crippen molar-refractivity contribution < 1.29 is 19.4 Å². The van der Waals surface area contributed by atoms with E-state index in [1.54, 1.807) is 18.1 Å². The Morgan fingerprint density at radius 2 is 2.40 bits per heavy atom. The molecule has 1 aliphatic rings. The normalized spacial score (nSPS) is 26.1. The summed E-state index contributed by atoms with van der Waals surface area (Å²) in [4.78, 5) is 12.9. The van der Waals surface area contributed by atoms with E-state index in [2.05, 4.69) is 4.74 Å². The summed E-state index contributed by atoms with van der Waals surface area (Å²) in [6, 6.07) is 0. The van der Waals surface area contributed by atoms with Crippen LogP contribution in [0.3, 0.4) is 0 Å². The molecule has 0 aromatic rings. The van der Waals surface area contributed by atoms with Crippen LogP contribution in [0.5, 0.6) is 0 Å². The van der Waals surface area contributed by atoms with Gasteiger partial charge in [-0.15, -0.1) is 0 Å². The molecule has 5 nitrogen and oxygen atoms in total. The molecule has 0 amide bonds. The van der Waals surface area contributed by atoms with Gasteiger partial charge in [0.25, 0.3) is 0 Å². The zero-order chi connectivity index (χ0) is 11.4. The average Bonchev–Trinajstić information content (AvgIpc) is 2.23. The van der Waals surface area contributed by atoms with Gasteiger partial charge in [-0.2, -0.15) is 0 Å². The number of aliphatic hydroxyl groups is 1. The molecule has 86 valence electrons. The first-order valence-corrected chi connectivity index (χ1v) is 4.90. The summed E-state index contributed by atoms with van der Waals surface area (Å²) in [5.74, 6) is -0.376. The minimum atomic E-state index is -0.710. The van der Waals surface area contributed by atoms with E-state index in [-0.39, 0.29) is 12.1 Å². The Hall–Kier alpha value is -1.07. The fourth-order valence-corrected chi connectivity index (χ4v) is 1.59. The largest absolute Gasteiger partial charge is 0.466 e. The van der Waals surface area contributed by atoms with Gasteiger partial charge in [-0.05, 0) is 6.92 Å². The molecule has 15 heavy (non-hydrogen) atoms. The van der Waals surface area contributed by atoms with E-state index in [4.69, 9.17) is 4.74 Å². The van der Waals surface area contributed by atoms with Crippen molar-refractivity contribution in [3.05, 3.63) is 11.8 Å². The molecule has 0 aromatic heterocycles. The van der Waals surface area contributed by atoms with Gasteiger partial charge in [-0.3, -0.25) is 0 Å². The van der Waals surface area contributed by atoms with E-state index in [0.29, 0.717) is 18.6 Å². The highest BCUT2D eigenvalue weighted by atomic mass is 16.5. The first-order valence-electron chi connectivity index (χ1n) is 4.90. The van der Waals surface area contributed by atoms with Crippen LogP contribution >= 0.6 is 0 Å². The summed E-state index contributed by atoms with van der Waals surface area (Å²) in [6.45, 7) is 2.35. The molecule has 0 aliphatic carbocycles. The predicted molar refractivity (Wildman–Crippen MR) is 53.9 cm³/mol. The van der Waals surface area contributed by atoms with Gasteiger partial charge >= 0.3 is 5.97 Å². The number of hydrogen-bond acceptors (Lipinski definition) is 5. The molecule has 5 heteroatoms. The van der Waals surface area contributed by atoms with Gasteiger partial charge in [0, 0.05) is 26.3 Å². The quantitative estimate of drug-likeness (QED) is 0.677. The number of carbonyl (C=O) groups is 1. The number of methoxy groups -OCH3 is 1. The van der Waals surface area contributed by atoms with Crippen LogP contribution in [0.2, 0.25) is 0 Å². The average molecular weight is 215 g/mol. The molecule has 0 saturated heterocycles. The predicted octanol–water partition coefficient (Wildman–Crippen LogP) is 0.102. The molecule has 0 radical (unpaired) electrons. The highest BCUT2D eigenvalue weighted by Crippen LogP contribution is 2.21. The second-order valence-electron chi connectivity index (χ2n) is 3.42. The van der Waals surface area contributed by atoms with Crippen molar-refractivity contribution in [2.24, 2.45) is 0 Å². The Morgan fingerprint density at radius 3 is 2.93 bits per heavy atom. The van der Waals surface area contributed by atoms with Crippen LogP contribution in [-0.2, 0) is 14.3 Å². The molecular formula is C10H17NO4. The second kappa shape index (κ2) is 5.14. The SMILES string of the molecule is CCO[C@H]1CC(C(=O)OC)=CN(C)[C@@H]1O. The molecule has 0 fully saturated rings. The Balaban J connectivity index is 2.76. The first-order chi connectivity index (χ1) is 7.10. The van der Waals surface area contributed by atoms with Gasteiger partial charge in [0.2, 0.25) is 0 Å². The zero-order valence-corrected chi connectivity index (χ0v) is 9.27. The Bertz CT molecular complexity index is 264. The molecule has 0 unspecified atom stereocenters. The van der Waals surface area contributed by atoms with Crippen LogP contribution in [-0.4, -0.2) is 49.1 Å². The van der Waals surface area contributed by atoms with Gasteiger partial charge in [0.05, 0.1) is 12.7 Å².